The second-order valence-electron chi connectivity index (χ2n) is 4.14. The van der Waals surface area contributed by atoms with Crippen molar-refractivity contribution in [3.8, 4) is 0 Å². The summed E-state index contributed by atoms with van der Waals surface area (Å²) >= 11 is 7.22. The molecule has 5 nitrogen and oxygen atoms in total. The van der Waals surface area contributed by atoms with Crippen molar-refractivity contribution in [2.45, 2.75) is 24.7 Å². The topological polar surface area (TPSA) is 84.2 Å². The van der Waals surface area contributed by atoms with E-state index in [-0.39, 0.29) is 11.7 Å². The number of carbonyl (C=O) groups excluding carboxylic acids is 2. The van der Waals surface area contributed by atoms with Gasteiger partial charge < -0.3 is 11.1 Å². The molecule has 0 aliphatic heterocycles. The number of halogens is 1. The molecule has 0 heterocycles. The van der Waals surface area contributed by atoms with Gasteiger partial charge in [0, 0.05) is 17.1 Å². The number of imide groups is 1. The summed E-state index contributed by atoms with van der Waals surface area (Å²) in [6, 6.07) is 4.59. The molecular weight excluding hydrogens is 298 g/mol. The van der Waals surface area contributed by atoms with Crippen molar-refractivity contribution in [3.05, 3.63) is 23.2 Å². The minimum Gasteiger partial charge on any atom is -0.399 e. The molecule has 3 amide bonds. The second-order valence-corrected chi connectivity index (χ2v) is 5.56. The van der Waals surface area contributed by atoms with E-state index in [1.54, 1.807) is 18.2 Å². The van der Waals surface area contributed by atoms with Gasteiger partial charge in [0.2, 0.25) is 5.91 Å². The Labute approximate surface area is 127 Å². The largest absolute Gasteiger partial charge is 0.399 e. The van der Waals surface area contributed by atoms with E-state index in [0.717, 1.165) is 12.8 Å². The van der Waals surface area contributed by atoms with Gasteiger partial charge in [0.1, 0.15) is 0 Å². The van der Waals surface area contributed by atoms with Crippen LogP contribution in [0.15, 0.2) is 23.1 Å². The predicted octanol–water partition coefficient (Wildman–Crippen LogP) is 2.64. The monoisotopic (exact) mass is 315 g/mol. The van der Waals surface area contributed by atoms with Gasteiger partial charge in [0.15, 0.2) is 0 Å². The number of benzene rings is 1. The molecule has 0 bridgehead atoms. The van der Waals surface area contributed by atoms with Gasteiger partial charge in [-0.25, -0.2) is 4.79 Å². The van der Waals surface area contributed by atoms with Gasteiger partial charge in [0.05, 0.1) is 10.8 Å². The molecule has 0 atom stereocenters. The van der Waals surface area contributed by atoms with Crippen LogP contribution in [-0.2, 0) is 4.79 Å². The van der Waals surface area contributed by atoms with Crippen LogP contribution in [0.5, 0.6) is 0 Å². The molecule has 20 heavy (non-hydrogen) atoms. The van der Waals surface area contributed by atoms with Crippen molar-refractivity contribution in [1.82, 2.24) is 10.6 Å². The number of carbonyl (C=O) groups is 2. The summed E-state index contributed by atoms with van der Waals surface area (Å²) in [5, 5.41) is 5.40. The van der Waals surface area contributed by atoms with E-state index in [0.29, 0.717) is 22.2 Å². The third kappa shape index (κ3) is 6.16. The Morgan fingerprint density at radius 3 is 2.85 bits per heavy atom. The van der Waals surface area contributed by atoms with Crippen molar-refractivity contribution >= 4 is 41.0 Å². The summed E-state index contributed by atoms with van der Waals surface area (Å²) < 4.78 is 0. The van der Waals surface area contributed by atoms with Crippen LogP contribution in [0.4, 0.5) is 10.5 Å². The van der Waals surface area contributed by atoms with E-state index in [4.69, 9.17) is 17.3 Å². The number of nitrogen functional groups attached to an aromatic ring is 1. The van der Waals surface area contributed by atoms with E-state index in [1.807, 2.05) is 6.92 Å². The Morgan fingerprint density at radius 1 is 1.40 bits per heavy atom. The lowest BCUT2D eigenvalue weighted by atomic mass is 10.3. The Bertz CT molecular complexity index is 483. The Morgan fingerprint density at radius 2 is 2.15 bits per heavy atom. The van der Waals surface area contributed by atoms with Crippen molar-refractivity contribution in [2.75, 3.05) is 18.0 Å². The standard InChI is InChI=1S/C13H18ClN3O2S/c1-2-3-6-16-13(19)17-12(18)8-20-11-7-9(15)4-5-10(11)14/h4-5,7H,2-3,6,8,15H2,1H3,(H2,16,17,18,19). The van der Waals surface area contributed by atoms with Gasteiger partial charge in [0.25, 0.3) is 0 Å². The maximum atomic E-state index is 11.6. The summed E-state index contributed by atoms with van der Waals surface area (Å²) in [7, 11) is 0. The third-order valence-corrected chi connectivity index (χ3v) is 3.88. The first kappa shape index (κ1) is 16.7. The first-order valence-electron chi connectivity index (χ1n) is 6.28. The summed E-state index contributed by atoms with van der Waals surface area (Å²) in [5.41, 5.74) is 6.22. The molecule has 0 fully saturated rings. The smallest absolute Gasteiger partial charge is 0.321 e. The van der Waals surface area contributed by atoms with E-state index in [2.05, 4.69) is 10.6 Å². The maximum Gasteiger partial charge on any atom is 0.321 e. The quantitative estimate of drug-likeness (QED) is 0.428. The normalized spacial score (nSPS) is 10.1. The number of nitrogens with two attached hydrogens (primary N) is 1. The average molecular weight is 316 g/mol. The molecule has 0 saturated heterocycles. The van der Waals surface area contributed by atoms with E-state index >= 15 is 0 Å². The molecule has 1 aromatic carbocycles. The number of anilines is 1. The minimum atomic E-state index is -0.470. The zero-order valence-electron chi connectivity index (χ0n) is 11.2. The number of hydrogen-bond acceptors (Lipinski definition) is 4. The number of urea groups is 1. The highest BCUT2D eigenvalue weighted by Gasteiger charge is 2.09. The van der Waals surface area contributed by atoms with Crippen LogP contribution < -0.4 is 16.4 Å². The van der Waals surface area contributed by atoms with Crippen molar-refractivity contribution in [3.63, 3.8) is 0 Å². The van der Waals surface area contributed by atoms with Crippen molar-refractivity contribution in [2.24, 2.45) is 0 Å². The van der Waals surface area contributed by atoms with Crippen LogP contribution in [-0.4, -0.2) is 24.2 Å². The number of unbranched alkanes of at least 4 members (excludes halogenated alkanes) is 1. The molecule has 110 valence electrons. The third-order valence-electron chi connectivity index (χ3n) is 2.38. The molecule has 7 heteroatoms. The fourth-order valence-electron chi connectivity index (χ4n) is 1.36. The van der Waals surface area contributed by atoms with Gasteiger partial charge in [-0.15, -0.1) is 11.8 Å². The molecule has 0 radical (unpaired) electrons. The maximum absolute atomic E-state index is 11.6. The molecule has 0 aliphatic carbocycles. The SMILES string of the molecule is CCCCNC(=O)NC(=O)CSc1cc(N)ccc1Cl. The summed E-state index contributed by atoms with van der Waals surface area (Å²) in [4.78, 5) is 23.7. The summed E-state index contributed by atoms with van der Waals surface area (Å²) in [6.45, 7) is 2.58. The van der Waals surface area contributed by atoms with Crippen LogP contribution in [0.2, 0.25) is 5.02 Å². The van der Waals surface area contributed by atoms with Crippen LogP contribution in [0.3, 0.4) is 0 Å². The summed E-state index contributed by atoms with van der Waals surface area (Å²) in [5.74, 6) is -0.271. The molecule has 0 saturated carbocycles. The number of hydrogen-bond donors (Lipinski definition) is 3. The van der Waals surface area contributed by atoms with Crippen LogP contribution in [0.25, 0.3) is 0 Å². The highest BCUT2D eigenvalue weighted by atomic mass is 35.5. The first-order valence-corrected chi connectivity index (χ1v) is 7.64. The predicted molar refractivity (Wildman–Crippen MR) is 83.0 cm³/mol. The zero-order valence-corrected chi connectivity index (χ0v) is 12.8. The molecule has 0 aliphatic rings. The van der Waals surface area contributed by atoms with E-state index in [9.17, 15) is 9.59 Å². The number of nitrogens with one attached hydrogen (secondary N) is 2. The highest BCUT2D eigenvalue weighted by Crippen LogP contribution is 2.28. The Kier molecular flexibility index (Phi) is 7.25. The van der Waals surface area contributed by atoms with Crippen molar-refractivity contribution in [1.29, 1.82) is 0 Å². The molecular formula is C13H18ClN3O2S. The minimum absolute atomic E-state index is 0.102. The van der Waals surface area contributed by atoms with Gasteiger partial charge in [-0.05, 0) is 24.6 Å². The Hall–Kier alpha value is -1.40. The molecule has 0 aromatic heterocycles. The highest BCUT2D eigenvalue weighted by molar-refractivity contribution is 8.00. The lowest BCUT2D eigenvalue weighted by Crippen LogP contribution is -2.40. The first-order chi connectivity index (χ1) is 9.52. The average Bonchev–Trinajstić information content (AvgIpc) is 2.40. The lowest BCUT2D eigenvalue weighted by molar-refractivity contribution is -0.117. The number of thioether (sulfide) groups is 1. The molecule has 1 rings (SSSR count). The van der Waals surface area contributed by atoms with Gasteiger partial charge >= 0.3 is 6.03 Å². The molecule has 0 unspecified atom stereocenters. The molecule has 4 N–H and O–H groups in total. The van der Waals surface area contributed by atoms with Crippen molar-refractivity contribution < 1.29 is 9.59 Å². The number of amides is 3. The van der Waals surface area contributed by atoms with Gasteiger partial charge in [-0.2, -0.15) is 0 Å². The fraction of sp³-hybridized carbons (Fsp3) is 0.385. The van der Waals surface area contributed by atoms with E-state index < -0.39 is 6.03 Å². The fourth-order valence-corrected chi connectivity index (χ4v) is 2.42. The molecule has 1 aromatic rings. The van der Waals surface area contributed by atoms with Gasteiger partial charge in [-0.3, -0.25) is 10.1 Å². The summed E-state index contributed by atoms with van der Waals surface area (Å²) in [6.07, 6.45) is 1.87. The van der Waals surface area contributed by atoms with Crippen LogP contribution in [0.1, 0.15) is 19.8 Å². The second kappa shape index (κ2) is 8.71. The van der Waals surface area contributed by atoms with Gasteiger partial charge in [-0.1, -0.05) is 24.9 Å². The van der Waals surface area contributed by atoms with Crippen LogP contribution >= 0.6 is 23.4 Å². The number of rotatable bonds is 6. The Balaban J connectivity index is 2.36. The zero-order chi connectivity index (χ0) is 15.0. The van der Waals surface area contributed by atoms with E-state index in [1.165, 1.54) is 11.8 Å². The molecule has 0 spiro atoms. The lowest BCUT2D eigenvalue weighted by Gasteiger charge is -2.07. The van der Waals surface area contributed by atoms with Crippen LogP contribution in [0, 0.1) is 0 Å².